The number of hydrazone groups is 1. The lowest BCUT2D eigenvalue weighted by atomic mass is 9.79. The molecule has 0 aliphatic carbocycles. The Labute approximate surface area is 149 Å². The second-order valence-corrected chi connectivity index (χ2v) is 7.15. The van der Waals surface area contributed by atoms with E-state index in [-0.39, 0.29) is 12.0 Å². The molecule has 0 bridgehead atoms. The molecule has 0 amide bonds. The van der Waals surface area contributed by atoms with Gasteiger partial charge < -0.3 is 5.32 Å². The number of nitrogens with one attached hydrogen (secondary N) is 2. The fourth-order valence-corrected chi connectivity index (χ4v) is 4.45. The van der Waals surface area contributed by atoms with Crippen LogP contribution in [0, 0.1) is 0 Å². The molecule has 122 valence electrons. The van der Waals surface area contributed by atoms with Crippen LogP contribution in [0.25, 0.3) is 5.70 Å². The van der Waals surface area contributed by atoms with Crippen molar-refractivity contribution in [3.63, 3.8) is 0 Å². The van der Waals surface area contributed by atoms with Gasteiger partial charge in [-0.1, -0.05) is 49.0 Å². The van der Waals surface area contributed by atoms with Crippen molar-refractivity contribution in [2.24, 2.45) is 5.10 Å². The smallest absolute Gasteiger partial charge is 0.0814 e. The van der Waals surface area contributed by atoms with Gasteiger partial charge in [0.2, 0.25) is 0 Å². The van der Waals surface area contributed by atoms with Crippen LogP contribution in [-0.4, -0.2) is 10.7 Å². The van der Waals surface area contributed by atoms with E-state index in [2.05, 4.69) is 64.8 Å². The van der Waals surface area contributed by atoms with Gasteiger partial charge in [0.05, 0.1) is 28.9 Å². The standard InChI is InChI=1S/C20H16N4S/c1-12-14-8-5-9-15-17(14)20(24-23-12)18(16-10-21-11-25-16)19(22-15)13-6-3-2-4-7-13/h2-11,18-19,22-23H,1H2. The highest BCUT2D eigenvalue weighted by atomic mass is 32.1. The average molecular weight is 344 g/mol. The van der Waals surface area contributed by atoms with E-state index in [1.54, 1.807) is 11.3 Å². The molecule has 5 heteroatoms. The SMILES string of the molecule is C=C1NN=C2c3c(cccc31)NC(c1ccccc1)C2c1cncs1. The zero-order chi connectivity index (χ0) is 16.8. The molecule has 5 rings (SSSR count). The van der Waals surface area contributed by atoms with Crippen LogP contribution in [0.1, 0.15) is 33.5 Å². The Morgan fingerprint density at radius 3 is 2.72 bits per heavy atom. The van der Waals surface area contributed by atoms with Crippen LogP contribution >= 0.6 is 11.3 Å². The second-order valence-electron chi connectivity index (χ2n) is 6.23. The van der Waals surface area contributed by atoms with E-state index >= 15 is 0 Å². The van der Waals surface area contributed by atoms with E-state index < -0.39 is 0 Å². The summed E-state index contributed by atoms with van der Waals surface area (Å²) < 4.78 is 0. The van der Waals surface area contributed by atoms with Crippen molar-refractivity contribution in [2.75, 3.05) is 5.32 Å². The van der Waals surface area contributed by atoms with Gasteiger partial charge in [0.25, 0.3) is 0 Å². The minimum absolute atomic E-state index is 0.101. The monoisotopic (exact) mass is 344 g/mol. The Morgan fingerprint density at radius 1 is 1.04 bits per heavy atom. The van der Waals surface area contributed by atoms with Gasteiger partial charge in [-0.25, -0.2) is 0 Å². The largest absolute Gasteiger partial charge is 0.377 e. The van der Waals surface area contributed by atoms with Gasteiger partial charge in [-0.2, -0.15) is 5.10 Å². The van der Waals surface area contributed by atoms with Gasteiger partial charge in [0.15, 0.2) is 0 Å². The molecule has 0 saturated heterocycles. The highest BCUT2D eigenvalue weighted by Crippen LogP contribution is 2.46. The highest BCUT2D eigenvalue weighted by Gasteiger charge is 2.39. The summed E-state index contributed by atoms with van der Waals surface area (Å²) in [4.78, 5) is 5.51. The fourth-order valence-electron chi connectivity index (χ4n) is 3.69. The van der Waals surface area contributed by atoms with E-state index in [0.29, 0.717) is 0 Å². The normalized spacial score (nSPS) is 21.0. The van der Waals surface area contributed by atoms with Crippen molar-refractivity contribution in [1.82, 2.24) is 10.4 Å². The maximum Gasteiger partial charge on any atom is 0.0814 e. The summed E-state index contributed by atoms with van der Waals surface area (Å²) in [6.07, 6.45) is 1.95. The van der Waals surface area contributed by atoms with Crippen LogP contribution in [-0.2, 0) is 0 Å². The molecule has 0 radical (unpaired) electrons. The lowest BCUT2D eigenvalue weighted by molar-refractivity contribution is 0.707. The third-order valence-corrected chi connectivity index (χ3v) is 5.67. The summed E-state index contributed by atoms with van der Waals surface area (Å²) in [5.41, 5.74) is 11.5. The third-order valence-electron chi connectivity index (χ3n) is 4.81. The number of hydrogen-bond acceptors (Lipinski definition) is 5. The van der Waals surface area contributed by atoms with Crippen molar-refractivity contribution < 1.29 is 0 Å². The van der Waals surface area contributed by atoms with Crippen molar-refractivity contribution in [1.29, 1.82) is 0 Å². The first-order valence-corrected chi connectivity index (χ1v) is 9.07. The molecule has 0 fully saturated rings. The first-order valence-electron chi connectivity index (χ1n) is 8.19. The Hall–Kier alpha value is -2.92. The molecule has 0 saturated carbocycles. The van der Waals surface area contributed by atoms with Crippen molar-refractivity contribution in [3.05, 3.63) is 88.4 Å². The van der Waals surface area contributed by atoms with E-state index in [1.807, 2.05) is 17.8 Å². The molecule has 2 aliphatic heterocycles. The number of anilines is 1. The zero-order valence-electron chi connectivity index (χ0n) is 13.4. The molecular weight excluding hydrogens is 328 g/mol. The quantitative estimate of drug-likeness (QED) is 0.726. The summed E-state index contributed by atoms with van der Waals surface area (Å²) in [5, 5.41) is 8.44. The summed E-state index contributed by atoms with van der Waals surface area (Å²) >= 11 is 1.67. The number of rotatable bonds is 2. The van der Waals surface area contributed by atoms with Gasteiger partial charge in [-0.05, 0) is 11.6 Å². The van der Waals surface area contributed by atoms with Crippen LogP contribution in [0.15, 0.2) is 71.9 Å². The molecule has 2 atom stereocenters. The molecule has 2 aromatic carbocycles. The Morgan fingerprint density at radius 2 is 1.92 bits per heavy atom. The van der Waals surface area contributed by atoms with Gasteiger partial charge in [-0.15, -0.1) is 11.3 Å². The molecule has 3 aromatic rings. The van der Waals surface area contributed by atoms with E-state index in [1.165, 1.54) is 10.4 Å². The van der Waals surface area contributed by atoms with E-state index in [4.69, 9.17) is 5.10 Å². The number of benzene rings is 2. The summed E-state index contributed by atoms with van der Waals surface area (Å²) in [6.45, 7) is 4.10. The molecule has 25 heavy (non-hydrogen) atoms. The molecule has 2 unspecified atom stereocenters. The zero-order valence-corrected chi connectivity index (χ0v) is 14.3. The molecular formula is C20H16N4S. The van der Waals surface area contributed by atoms with Crippen molar-refractivity contribution in [2.45, 2.75) is 12.0 Å². The lowest BCUT2D eigenvalue weighted by Crippen LogP contribution is -2.36. The van der Waals surface area contributed by atoms with Crippen LogP contribution in [0.5, 0.6) is 0 Å². The number of nitrogens with zero attached hydrogens (tertiary/aromatic N) is 2. The number of thiazole rings is 1. The Balaban J connectivity index is 1.75. The lowest BCUT2D eigenvalue weighted by Gasteiger charge is -2.38. The highest BCUT2D eigenvalue weighted by molar-refractivity contribution is 7.09. The molecule has 3 heterocycles. The second kappa shape index (κ2) is 5.57. The topological polar surface area (TPSA) is 49.3 Å². The predicted octanol–water partition coefficient (Wildman–Crippen LogP) is 4.37. The Bertz CT molecular complexity index is 976. The van der Waals surface area contributed by atoms with E-state index in [0.717, 1.165) is 28.2 Å². The van der Waals surface area contributed by atoms with Crippen molar-refractivity contribution in [3.8, 4) is 0 Å². The molecule has 1 aromatic heterocycles. The van der Waals surface area contributed by atoms with Gasteiger partial charge in [0, 0.05) is 27.9 Å². The minimum atomic E-state index is 0.101. The first-order chi connectivity index (χ1) is 12.3. The molecule has 2 aliphatic rings. The van der Waals surface area contributed by atoms with Crippen LogP contribution in [0.4, 0.5) is 5.69 Å². The summed E-state index contributed by atoms with van der Waals surface area (Å²) in [7, 11) is 0. The molecule has 0 spiro atoms. The summed E-state index contributed by atoms with van der Waals surface area (Å²) in [5.74, 6) is 0.101. The number of aromatic nitrogens is 1. The average Bonchev–Trinajstić information content (AvgIpc) is 3.19. The maximum atomic E-state index is 4.70. The molecule has 2 N–H and O–H groups in total. The van der Waals surface area contributed by atoms with Crippen molar-refractivity contribution >= 4 is 28.4 Å². The van der Waals surface area contributed by atoms with E-state index in [9.17, 15) is 0 Å². The third kappa shape index (κ3) is 2.20. The van der Waals surface area contributed by atoms with Crippen LogP contribution in [0.3, 0.4) is 0 Å². The van der Waals surface area contributed by atoms with Crippen LogP contribution < -0.4 is 10.7 Å². The Kier molecular flexibility index (Phi) is 3.21. The predicted molar refractivity (Wildman–Crippen MR) is 103 cm³/mol. The minimum Gasteiger partial charge on any atom is -0.377 e. The van der Waals surface area contributed by atoms with Crippen LogP contribution in [0.2, 0.25) is 0 Å². The van der Waals surface area contributed by atoms with Gasteiger partial charge >= 0.3 is 0 Å². The number of hydrogen-bond donors (Lipinski definition) is 2. The fraction of sp³-hybridized carbons (Fsp3) is 0.100. The maximum absolute atomic E-state index is 4.70. The summed E-state index contributed by atoms with van der Waals surface area (Å²) in [6, 6.07) is 16.9. The van der Waals surface area contributed by atoms with Gasteiger partial charge in [-0.3, -0.25) is 10.4 Å². The molecule has 4 nitrogen and oxygen atoms in total. The first kappa shape index (κ1) is 14.4. The van der Waals surface area contributed by atoms with Gasteiger partial charge in [0.1, 0.15) is 0 Å².